The van der Waals surface area contributed by atoms with E-state index >= 15 is 0 Å². The molecule has 0 heterocycles. The van der Waals surface area contributed by atoms with Crippen LogP contribution >= 0.6 is 0 Å². The van der Waals surface area contributed by atoms with Crippen molar-refractivity contribution in [1.29, 1.82) is 0 Å². The fourth-order valence-corrected chi connectivity index (χ4v) is 2.91. The molecule has 2 N–H and O–H groups in total. The average molecular weight is 302 g/mol. The Balaban J connectivity index is 0.000000280. The van der Waals surface area contributed by atoms with Crippen molar-refractivity contribution in [2.45, 2.75) is 0 Å². The Morgan fingerprint density at radius 1 is 0.722 bits per heavy atom. The van der Waals surface area contributed by atoms with Gasteiger partial charge in [-0.25, -0.2) is 0 Å². The summed E-state index contributed by atoms with van der Waals surface area (Å²) in [5.74, 6) is 0. The van der Waals surface area contributed by atoms with Crippen LogP contribution in [0.2, 0.25) is 0 Å². The molecule has 2 aromatic carbocycles. The smallest absolute Gasteiger partial charge is 0.0633 e. The van der Waals surface area contributed by atoms with Gasteiger partial charge in [-0.2, -0.15) is 0 Å². The van der Waals surface area contributed by atoms with E-state index in [-0.39, 0.29) is 9.52 Å². The van der Waals surface area contributed by atoms with E-state index in [2.05, 4.69) is 60.7 Å². The van der Waals surface area contributed by atoms with Crippen molar-refractivity contribution in [3.05, 3.63) is 60.7 Å². The molecule has 6 heteroatoms. The fourth-order valence-electron chi connectivity index (χ4n) is 1.43. The molecule has 0 fully saturated rings. The minimum absolute atomic E-state index is 0.234. The van der Waals surface area contributed by atoms with Crippen LogP contribution in [-0.4, -0.2) is 17.8 Å². The molecule has 0 aliphatic carbocycles. The van der Waals surface area contributed by atoms with Gasteiger partial charge in [0.05, 0.1) is 9.52 Å². The minimum Gasteiger partial charge on any atom is -0.0633 e. The maximum absolute atomic E-state index is 8.82. The zero-order valence-corrected chi connectivity index (χ0v) is 12.3. The van der Waals surface area contributed by atoms with Gasteiger partial charge in [-0.15, -0.1) is 0 Å². The predicted octanol–water partition coefficient (Wildman–Crippen LogP) is -0.548. The van der Waals surface area contributed by atoms with E-state index in [0.717, 1.165) is 0 Å². The van der Waals surface area contributed by atoms with E-state index in [1.54, 1.807) is 0 Å². The van der Waals surface area contributed by atoms with Crippen LogP contribution in [0.4, 0.5) is 0 Å². The molecule has 4 nitrogen and oxygen atoms in total. The van der Waals surface area contributed by atoms with Crippen molar-refractivity contribution in [3.8, 4) is 0 Å². The molecule has 96 valence electrons. The maximum Gasteiger partial charge on any atom is 0.0875 e. The van der Waals surface area contributed by atoms with Crippen molar-refractivity contribution >= 4 is 19.9 Å². The van der Waals surface area contributed by atoms with Gasteiger partial charge in [-0.1, -0.05) is 71.0 Å². The first-order chi connectivity index (χ1) is 8.45. The quantitative estimate of drug-likeness (QED) is 0.730. The Bertz CT molecular complexity index is 510. The van der Waals surface area contributed by atoms with Gasteiger partial charge >= 0.3 is 29.5 Å². The number of benzene rings is 2. The van der Waals surface area contributed by atoms with Crippen LogP contribution in [0.3, 0.4) is 0 Å². The van der Waals surface area contributed by atoms with Crippen molar-refractivity contribution < 1.29 is 29.5 Å². The second-order valence-corrected chi connectivity index (χ2v) is 6.98. The molecule has 18 heavy (non-hydrogen) atoms. The standard InChI is InChI=1S/C12H12Si.Cr.2H2O.2O/c1-3-7-11(8-4-1)13-12-9-5-2-6-10-12;;;;;/h1-10H,13H2;;2*1H2;;/q;+2;;;;/p-2. The van der Waals surface area contributed by atoms with Gasteiger partial charge in [0.25, 0.3) is 0 Å². The first kappa shape index (κ1) is 14.8. The molecule has 0 atom stereocenters. The zero-order valence-electron chi connectivity index (χ0n) is 9.60. The molecular formula is C12H14CrO4Si. The molecular weight excluding hydrogens is 288 g/mol. The van der Waals surface area contributed by atoms with Crippen LogP contribution in [-0.2, 0) is 21.2 Å². The molecule has 0 saturated heterocycles. The molecule has 0 aliphatic heterocycles. The SMILES string of the molecule is [O]=[Cr](=[O])([OH])[OH].c1ccc([SiH2]c2ccccc2)cc1. The summed E-state index contributed by atoms with van der Waals surface area (Å²) in [6.07, 6.45) is 0. The third kappa shape index (κ3) is 7.90. The largest absolute Gasteiger partial charge is 0.0875 e. The summed E-state index contributed by atoms with van der Waals surface area (Å²) in [5.41, 5.74) is 0. The second-order valence-electron chi connectivity index (χ2n) is 3.60. The van der Waals surface area contributed by atoms with Gasteiger partial charge in [0.2, 0.25) is 0 Å². The van der Waals surface area contributed by atoms with Crippen LogP contribution < -0.4 is 10.4 Å². The number of rotatable bonds is 2. The van der Waals surface area contributed by atoms with Crippen molar-refractivity contribution in [2.24, 2.45) is 0 Å². The van der Waals surface area contributed by atoms with Crippen LogP contribution in [0.25, 0.3) is 0 Å². The Morgan fingerprint density at radius 2 is 1.00 bits per heavy atom. The summed E-state index contributed by atoms with van der Waals surface area (Å²) in [4.78, 5) is 0. The minimum atomic E-state index is -5.25. The Labute approximate surface area is 110 Å². The summed E-state index contributed by atoms with van der Waals surface area (Å²) in [6.45, 7) is 0. The first-order valence-electron chi connectivity index (χ1n) is 5.23. The van der Waals surface area contributed by atoms with Crippen molar-refractivity contribution in [3.63, 3.8) is 0 Å². The van der Waals surface area contributed by atoms with E-state index in [1.807, 2.05) is 0 Å². The molecule has 0 spiro atoms. The van der Waals surface area contributed by atoms with E-state index in [0.29, 0.717) is 0 Å². The number of hydrogen-bond acceptors (Lipinski definition) is 2. The molecule has 0 saturated carbocycles. The maximum atomic E-state index is 8.82. The topological polar surface area (TPSA) is 74.6 Å². The Morgan fingerprint density at radius 3 is 1.28 bits per heavy atom. The third-order valence-electron chi connectivity index (χ3n) is 2.09. The normalized spacial score (nSPS) is 10.3. The van der Waals surface area contributed by atoms with Gasteiger partial charge in [-0.3, -0.25) is 0 Å². The van der Waals surface area contributed by atoms with E-state index in [9.17, 15) is 0 Å². The fraction of sp³-hybridized carbons (Fsp3) is 0. The summed E-state index contributed by atoms with van der Waals surface area (Å²) < 4.78 is 31.9. The molecule has 0 amide bonds. The van der Waals surface area contributed by atoms with Gasteiger partial charge in [0.1, 0.15) is 0 Å². The van der Waals surface area contributed by atoms with Gasteiger partial charge in [0, 0.05) is 0 Å². The molecule has 0 aliphatic rings. The van der Waals surface area contributed by atoms with Crippen LogP contribution in [0.15, 0.2) is 60.7 Å². The molecule has 2 aromatic rings. The predicted molar refractivity (Wildman–Crippen MR) is 66.5 cm³/mol. The first-order valence-corrected chi connectivity index (χ1v) is 8.82. The van der Waals surface area contributed by atoms with E-state index in [1.165, 1.54) is 10.4 Å². The summed E-state index contributed by atoms with van der Waals surface area (Å²) >= 11 is -5.25. The van der Waals surface area contributed by atoms with E-state index in [4.69, 9.17) is 15.9 Å². The Kier molecular flexibility index (Phi) is 5.92. The van der Waals surface area contributed by atoms with Gasteiger partial charge in [-0.05, 0) is 0 Å². The Hall–Kier alpha value is -1.29. The van der Waals surface area contributed by atoms with E-state index < -0.39 is 13.6 Å². The van der Waals surface area contributed by atoms with Crippen LogP contribution in [0.1, 0.15) is 0 Å². The molecule has 0 unspecified atom stereocenters. The second kappa shape index (κ2) is 7.21. The molecule has 2 rings (SSSR count). The third-order valence-corrected chi connectivity index (χ3v) is 3.85. The molecule has 0 bridgehead atoms. The summed E-state index contributed by atoms with van der Waals surface area (Å²) in [6, 6.07) is 21.5. The van der Waals surface area contributed by atoms with Gasteiger partial charge in [0.15, 0.2) is 0 Å². The van der Waals surface area contributed by atoms with Crippen LogP contribution in [0.5, 0.6) is 0 Å². The van der Waals surface area contributed by atoms with Crippen molar-refractivity contribution in [1.82, 2.24) is 0 Å². The van der Waals surface area contributed by atoms with Crippen molar-refractivity contribution in [2.75, 3.05) is 0 Å². The summed E-state index contributed by atoms with van der Waals surface area (Å²) in [5, 5.41) is 3.02. The van der Waals surface area contributed by atoms with Crippen LogP contribution in [0, 0.1) is 0 Å². The van der Waals surface area contributed by atoms with Gasteiger partial charge < -0.3 is 0 Å². The number of hydrogen-bond donors (Lipinski definition) is 2. The molecule has 0 aromatic heterocycles. The summed E-state index contributed by atoms with van der Waals surface area (Å²) in [7, 11) is -0.234. The molecule has 0 radical (unpaired) electrons. The monoisotopic (exact) mass is 302 g/mol. The average Bonchev–Trinajstić information content (AvgIpc) is 2.29. The zero-order chi connectivity index (χ0) is 13.4.